The van der Waals surface area contributed by atoms with Gasteiger partial charge in [0.15, 0.2) is 0 Å². The number of nitrogens with zero attached hydrogens (tertiary/aromatic N) is 3. The van der Waals surface area contributed by atoms with E-state index in [2.05, 4.69) is 269 Å². The SMILES string of the molecule is Cc1cc(C(C)(C)C)cc(C)c1N1c2ccc(C(C)(C)C)cc2B2c3c(cc(-c4ccc(N(c5ccccc5)c5ccccc5)cc4)cc31)N(c1ccc3c(c1)C(C)(C)CCC3(C)C)c1oc3cc4c(cc3c12)C1(C)CCC4(C)C1. The molecule has 0 radical (unpaired) electrons. The Morgan fingerprint density at radius 2 is 1.04 bits per heavy atom. The quantitative estimate of drug-likeness (QED) is 0.155. The van der Waals surface area contributed by atoms with Gasteiger partial charge >= 0.3 is 0 Å². The van der Waals surface area contributed by atoms with Gasteiger partial charge in [-0.05, 0) is 224 Å². The van der Waals surface area contributed by atoms with Gasteiger partial charge in [-0.3, -0.25) is 4.90 Å². The van der Waals surface area contributed by atoms with Crippen LogP contribution in [0.4, 0.5) is 51.4 Å². The summed E-state index contributed by atoms with van der Waals surface area (Å²) >= 11 is 0. The summed E-state index contributed by atoms with van der Waals surface area (Å²) < 4.78 is 7.74. The first-order chi connectivity index (χ1) is 37.9. The molecule has 14 rings (SSSR count). The number of aryl methyl sites for hydroxylation is 2. The van der Waals surface area contributed by atoms with E-state index >= 15 is 0 Å². The average Bonchev–Trinajstić information content (AvgIpc) is 2.71. The van der Waals surface area contributed by atoms with Gasteiger partial charge in [0, 0.05) is 50.7 Å². The topological polar surface area (TPSA) is 22.9 Å². The molecule has 3 heterocycles. The molecule has 0 saturated heterocycles. The Morgan fingerprint density at radius 1 is 0.475 bits per heavy atom. The number of rotatable bonds is 6. The second-order valence-electron chi connectivity index (χ2n) is 28.8. The monoisotopic (exact) mass is 1050 g/mol. The molecule has 1 aromatic heterocycles. The summed E-state index contributed by atoms with van der Waals surface area (Å²) in [5, 5.41) is 1.26. The van der Waals surface area contributed by atoms with E-state index in [1.54, 1.807) is 0 Å². The Labute approximate surface area is 477 Å². The fourth-order valence-electron chi connectivity index (χ4n) is 15.6. The molecule has 80 heavy (non-hydrogen) atoms. The summed E-state index contributed by atoms with van der Waals surface area (Å²) in [4.78, 5) is 7.59. The zero-order chi connectivity index (χ0) is 55.8. The predicted molar refractivity (Wildman–Crippen MR) is 341 cm³/mol. The van der Waals surface area contributed by atoms with Crippen LogP contribution < -0.4 is 31.1 Å². The lowest BCUT2D eigenvalue weighted by Crippen LogP contribution is -2.61. The number of benzene rings is 8. The van der Waals surface area contributed by atoms with Gasteiger partial charge in [-0.15, -0.1) is 0 Å². The molecule has 2 bridgehead atoms. The van der Waals surface area contributed by atoms with Gasteiger partial charge in [0.05, 0.1) is 5.69 Å². The van der Waals surface area contributed by atoms with E-state index in [0.29, 0.717) is 0 Å². The van der Waals surface area contributed by atoms with Crippen LogP contribution >= 0.6 is 0 Å². The molecule has 5 heteroatoms. The van der Waals surface area contributed by atoms with Crippen molar-refractivity contribution in [1.29, 1.82) is 0 Å². The van der Waals surface area contributed by atoms with Crippen molar-refractivity contribution in [3.63, 3.8) is 0 Å². The maximum absolute atomic E-state index is 7.74. The summed E-state index contributed by atoms with van der Waals surface area (Å²) in [6.45, 7) is 33.5. The zero-order valence-corrected chi connectivity index (χ0v) is 49.9. The van der Waals surface area contributed by atoms with Gasteiger partial charge in [0.1, 0.15) is 5.58 Å². The fraction of sp³-hybridized carbons (Fsp3) is 0.333. The number of hydrogen-bond donors (Lipinski definition) is 0. The highest BCUT2D eigenvalue weighted by Crippen LogP contribution is 2.62. The van der Waals surface area contributed by atoms with E-state index < -0.39 is 0 Å². The van der Waals surface area contributed by atoms with Gasteiger partial charge in [0.2, 0.25) is 5.88 Å². The van der Waals surface area contributed by atoms with Crippen molar-refractivity contribution in [1.82, 2.24) is 0 Å². The zero-order valence-electron chi connectivity index (χ0n) is 49.9. The van der Waals surface area contributed by atoms with Crippen LogP contribution in [0.3, 0.4) is 0 Å². The van der Waals surface area contributed by atoms with Crippen molar-refractivity contribution < 1.29 is 4.42 Å². The molecule has 0 amide bonds. The first-order valence-electron chi connectivity index (χ1n) is 29.7. The van der Waals surface area contributed by atoms with Gasteiger partial charge in [-0.25, -0.2) is 0 Å². The molecule has 1 fully saturated rings. The van der Waals surface area contributed by atoms with Gasteiger partial charge in [-0.2, -0.15) is 0 Å². The van der Waals surface area contributed by atoms with Crippen LogP contribution in [-0.4, -0.2) is 6.71 Å². The lowest BCUT2D eigenvalue weighted by atomic mass is 9.33. The highest BCUT2D eigenvalue weighted by molar-refractivity contribution is 7.01. The minimum absolute atomic E-state index is 0.00460. The molecule has 9 aromatic rings. The number of para-hydroxylation sites is 2. The summed E-state index contributed by atoms with van der Waals surface area (Å²) in [7, 11) is 0. The normalized spacial score (nSPS) is 20.1. The highest BCUT2D eigenvalue weighted by atomic mass is 16.4. The van der Waals surface area contributed by atoms with Gasteiger partial charge in [0.25, 0.3) is 6.71 Å². The van der Waals surface area contributed by atoms with Crippen molar-refractivity contribution in [2.24, 2.45) is 0 Å². The molecule has 5 aliphatic rings. The van der Waals surface area contributed by atoms with E-state index in [4.69, 9.17) is 4.42 Å². The summed E-state index contributed by atoms with van der Waals surface area (Å²) in [5.74, 6) is 0.943. The van der Waals surface area contributed by atoms with Crippen LogP contribution in [0.25, 0.3) is 22.1 Å². The van der Waals surface area contributed by atoms with Crippen molar-refractivity contribution in [2.75, 3.05) is 14.7 Å². The third-order valence-electron chi connectivity index (χ3n) is 20.2. The predicted octanol–water partition coefficient (Wildman–Crippen LogP) is 18.9. The third kappa shape index (κ3) is 7.61. The maximum Gasteiger partial charge on any atom is 0.257 e. The van der Waals surface area contributed by atoms with Crippen LogP contribution in [0.15, 0.2) is 162 Å². The first kappa shape index (κ1) is 50.9. The number of furan rings is 1. The third-order valence-corrected chi connectivity index (χ3v) is 20.2. The van der Waals surface area contributed by atoms with Gasteiger partial charge in [-0.1, -0.05) is 162 Å². The summed E-state index contributed by atoms with van der Waals surface area (Å²) in [5.41, 5.74) is 28.1. The Bertz CT molecular complexity index is 3960. The summed E-state index contributed by atoms with van der Waals surface area (Å²) in [6, 6.07) is 60.7. The van der Waals surface area contributed by atoms with E-state index in [1.165, 1.54) is 108 Å². The molecule has 0 spiro atoms. The van der Waals surface area contributed by atoms with E-state index in [-0.39, 0.29) is 39.2 Å². The molecule has 8 aromatic carbocycles. The van der Waals surface area contributed by atoms with Crippen LogP contribution in [-0.2, 0) is 32.5 Å². The van der Waals surface area contributed by atoms with E-state index in [9.17, 15) is 0 Å². The highest BCUT2D eigenvalue weighted by Gasteiger charge is 2.54. The van der Waals surface area contributed by atoms with E-state index in [0.717, 1.165) is 58.2 Å². The Morgan fingerprint density at radius 3 is 1.64 bits per heavy atom. The van der Waals surface area contributed by atoms with Crippen LogP contribution in [0, 0.1) is 13.8 Å². The molecule has 4 nitrogen and oxygen atoms in total. The smallest absolute Gasteiger partial charge is 0.257 e. The van der Waals surface area contributed by atoms with Crippen molar-refractivity contribution >= 4 is 85.5 Å². The van der Waals surface area contributed by atoms with Gasteiger partial charge < -0.3 is 14.2 Å². The summed E-state index contributed by atoms with van der Waals surface area (Å²) in [6.07, 6.45) is 5.96. The largest absolute Gasteiger partial charge is 0.440 e. The number of fused-ring (bicyclic) bond motifs is 12. The second-order valence-corrected chi connectivity index (χ2v) is 28.8. The molecule has 2 aliphatic heterocycles. The second kappa shape index (κ2) is 17.1. The van der Waals surface area contributed by atoms with Crippen molar-refractivity contribution in [2.45, 2.75) is 162 Å². The Kier molecular flexibility index (Phi) is 10.9. The molecule has 2 atom stereocenters. The van der Waals surface area contributed by atoms with Crippen LogP contribution in [0.2, 0.25) is 0 Å². The molecular weight excluding hydrogens is 970 g/mol. The average molecular weight is 1050 g/mol. The first-order valence-corrected chi connectivity index (χ1v) is 29.7. The maximum atomic E-state index is 7.74. The molecular formula is C75H78BN3O. The molecule has 402 valence electrons. The molecule has 1 saturated carbocycles. The van der Waals surface area contributed by atoms with Crippen molar-refractivity contribution in [3.05, 3.63) is 202 Å². The standard InChI is InChI=1S/C75H78BN3O/c1-46-37-51(71(6,7)8)38-47(2)68(46)79-62-32-27-50(70(3,4)5)41-61(62)76-66-56-43-59-60(75(14)36-35-74(59,13)45-75)44-65(56)80-69(66)78(55-30-31-57-58(42-55)73(11,12)34-33-72(57,9)10)63-39-49(40-64(79)67(63)76)48-25-28-54(29-26-48)77(52-21-17-15-18-22-52)53-23-19-16-20-24-53/h15-32,37-44H,33-36,45H2,1-14H3. The lowest BCUT2D eigenvalue weighted by molar-refractivity contribution is 0.332. The molecule has 3 aliphatic carbocycles. The molecule has 0 N–H and O–H groups in total. The fourth-order valence-corrected chi connectivity index (χ4v) is 15.6. The van der Waals surface area contributed by atoms with Crippen LogP contribution in [0.5, 0.6) is 0 Å². The molecule has 2 unspecified atom stereocenters. The van der Waals surface area contributed by atoms with E-state index in [1.807, 2.05) is 0 Å². The Balaban J connectivity index is 1.09. The lowest BCUT2D eigenvalue weighted by Gasteiger charge is -2.45. The minimum atomic E-state index is -0.106. The number of anilines is 9. The van der Waals surface area contributed by atoms with Crippen molar-refractivity contribution in [3.8, 4) is 11.1 Å². The number of hydrogen-bond acceptors (Lipinski definition) is 4. The minimum Gasteiger partial charge on any atom is -0.440 e. The Hall–Kier alpha value is -7.24. The van der Waals surface area contributed by atoms with Crippen LogP contribution in [0.1, 0.15) is 160 Å².